The van der Waals surface area contributed by atoms with Gasteiger partial charge in [-0.1, -0.05) is 54.4 Å². The topological polar surface area (TPSA) is 86.8 Å². The monoisotopic (exact) mass is 555 g/mol. The molecular weight excluding hydrogens is 521 g/mol. The van der Waals surface area contributed by atoms with Gasteiger partial charge in [0.15, 0.2) is 0 Å². The van der Waals surface area contributed by atoms with Crippen LogP contribution in [0.5, 0.6) is 0 Å². The zero-order valence-electron chi connectivity index (χ0n) is 21.4. The molecule has 0 bridgehead atoms. The number of sulfonamides is 1. The fourth-order valence-corrected chi connectivity index (χ4v) is 5.08. The molecule has 36 heavy (non-hydrogen) atoms. The number of carbonyl (C=O) groups excluding carboxylic acids is 2. The first-order valence-corrected chi connectivity index (χ1v) is 14.5. The predicted molar refractivity (Wildman–Crippen MR) is 147 cm³/mol. The zero-order valence-corrected chi connectivity index (χ0v) is 23.8. The third kappa shape index (κ3) is 8.39. The van der Waals surface area contributed by atoms with Gasteiger partial charge in [0.25, 0.3) is 0 Å². The van der Waals surface area contributed by atoms with Crippen molar-refractivity contribution in [3.05, 3.63) is 63.6 Å². The second-order valence-corrected chi connectivity index (χ2v) is 11.7. The van der Waals surface area contributed by atoms with Crippen LogP contribution in [0.1, 0.15) is 51.2 Å². The molecule has 2 rings (SSSR count). The lowest BCUT2D eigenvalue weighted by atomic mass is 10.1. The molecule has 2 atom stereocenters. The Balaban J connectivity index is 2.22. The number of amides is 2. The van der Waals surface area contributed by atoms with Crippen LogP contribution >= 0.6 is 23.2 Å². The summed E-state index contributed by atoms with van der Waals surface area (Å²) in [5, 5.41) is 3.54. The standard InChI is InChI=1S/C26H35Cl2N3O4S/c1-6-19(3)29-26(33)20(4)30(17-21-11-8-7-10-18(21)2)25(32)12-9-15-31(36(5,34)35)24-16-22(27)13-14-23(24)28/h7-8,10-11,13-14,16,19-20H,6,9,12,15,17H2,1-5H3,(H,29,33)/t19-,20-/m0/s1. The number of hydrogen-bond donors (Lipinski definition) is 1. The lowest BCUT2D eigenvalue weighted by Crippen LogP contribution is -2.49. The minimum absolute atomic E-state index is 0.0128. The number of rotatable bonds is 12. The molecule has 10 heteroatoms. The number of hydrogen-bond acceptors (Lipinski definition) is 4. The lowest BCUT2D eigenvalue weighted by Gasteiger charge is -2.30. The highest BCUT2D eigenvalue weighted by atomic mass is 35.5. The number of halogens is 2. The van der Waals surface area contributed by atoms with Gasteiger partial charge < -0.3 is 10.2 Å². The maximum absolute atomic E-state index is 13.4. The molecule has 0 fully saturated rings. The van der Waals surface area contributed by atoms with E-state index in [0.29, 0.717) is 5.02 Å². The number of nitrogens with zero attached hydrogens (tertiary/aromatic N) is 2. The summed E-state index contributed by atoms with van der Waals surface area (Å²) in [5.41, 5.74) is 2.22. The van der Waals surface area contributed by atoms with Crippen molar-refractivity contribution < 1.29 is 18.0 Å². The first-order valence-electron chi connectivity index (χ1n) is 11.9. The van der Waals surface area contributed by atoms with Crippen LogP contribution in [0.15, 0.2) is 42.5 Å². The molecule has 0 radical (unpaired) electrons. The number of aryl methyl sites for hydroxylation is 1. The third-order valence-electron chi connectivity index (χ3n) is 6.10. The minimum atomic E-state index is -3.67. The first kappa shape index (κ1) is 29.9. The molecule has 2 aromatic carbocycles. The lowest BCUT2D eigenvalue weighted by molar-refractivity contribution is -0.140. The van der Waals surface area contributed by atoms with Crippen molar-refractivity contribution in [3.8, 4) is 0 Å². The molecule has 0 aliphatic heterocycles. The molecule has 0 aliphatic rings. The summed E-state index contributed by atoms with van der Waals surface area (Å²) in [6, 6.07) is 11.6. The highest BCUT2D eigenvalue weighted by molar-refractivity contribution is 7.92. The maximum Gasteiger partial charge on any atom is 0.242 e. The van der Waals surface area contributed by atoms with E-state index >= 15 is 0 Å². The van der Waals surface area contributed by atoms with E-state index in [-0.39, 0.29) is 54.5 Å². The van der Waals surface area contributed by atoms with Crippen molar-refractivity contribution in [2.75, 3.05) is 17.1 Å². The van der Waals surface area contributed by atoms with Gasteiger partial charge in [0.1, 0.15) is 6.04 Å². The Labute approximate surface area is 224 Å². The largest absolute Gasteiger partial charge is 0.352 e. The van der Waals surface area contributed by atoms with Crippen molar-refractivity contribution in [2.45, 2.75) is 65.6 Å². The third-order valence-corrected chi connectivity index (χ3v) is 7.83. The molecule has 0 aliphatic carbocycles. The van der Waals surface area contributed by atoms with Crippen molar-refractivity contribution >= 4 is 50.7 Å². The second-order valence-electron chi connectivity index (χ2n) is 8.98. The number of benzene rings is 2. The highest BCUT2D eigenvalue weighted by Gasteiger charge is 2.28. The Morgan fingerprint density at radius 2 is 1.75 bits per heavy atom. The van der Waals surface area contributed by atoms with Gasteiger partial charge >= 0.3 is 0 Å². The number of carbonyl (C=O) groups is 2. The van der Waals surface area contributed by atoms with E-state index in [1.54, 1.807) is 17.9 Å². The van der Waals surface area contributed by atoms with E-state index in [1.165, 1.54) is 12.1 Å². The van der Waals surface area contributed by atoms with Gasteiger partial charge in [-0.2, -0.15) is 0 Å². The molecule has 0 unspecified atom stereocenters. The summed E-state index contributed by atoms with van der Waals surface area (Å²) in [6.07, 6.45) is 2.14. The van der Waals surface area contributed by atoms with E-state index in [9.17, 15) is 18.0 Å². The summed E-state index contributed by atoms with van der Waals surface area (Å²) >= 11 is 12.3. The Morgan fingerprint density at radius 3 is 2.36 bits per heavy atom. The maximum atomic E-state index is 13.4. The smallest absolute Gasteiger partial charge is 0.242 e. The average Bonchev–Trinajstić information content (AvgIpc) is 2.81. The summed E-state index contributed by atoms with van der Waals surface area (Å²) in [5.74, 6) is -0.467. The minimum Gasteiger partial charge on any atom is -0.352 e. The molecule has 0 heterocycles. The van der Waals surface area contributed by atoms with Crippen molar-refractivity contribution in [1.29, 1.82) is 0 Å². The summed E-state index contributed by atoms with van der Waals surface area (Å²) in [7, 11) is -3.67. The van der Waals surface area contributed by atoms with Crippen molar-refractivity contribution in [3.63, 3.8) is 0 Å². The van der Waals surface area contributed by atoms with Gasteiger partial charge in [-0.15, -0.1) is 0 Å². The van der Waals surface area contributed by atoms with E-state index in [4.69, 9.17) is 23.2 Å². The van der Waals surface area contributed by atoms with Crippen LogP contribution in [0.4, 0.5) is 5.69 Å². The summed E-state index contributed by atoms with van der Waals surface area (Å²) in [6.45, 7) is 7.88. The van der Waals surface area contributed by atoms with Crippen LogP contribution in [-0.4, -0.2) is 50.0 Å². The normalized spacial score (nSPS) is 13.1. The van der Waals surface area contributed by atoms with Crippen molar-refractivity contribution in [2.24, 2.45) is 0 Å². The molecule has 2 amide bonds. The average molecular weight is 557 g/mol. The van der Waals surface area contributed by atoms with Gasteiger partial charge in [-0.05, 0) is 62.9 Å². The summed E-state index contributed by atoms with van der Waals surface area (Å²) in [4.78, 5) is 27.8. The van der Waals surface area contributed by atoms with Gasteiger partial charge in [0.05, 0.1) is 17.0 Å². The molecule has 0 aromatic heterocycles. The van der Waals surface area contributed by atoms with Crippen LogP contribution in [0.2, 0.25) is 10.0 Å². The molecule has 2 aromatic rings. The second kappa shape index (κ2) is 13.3. The van der Waals surface area contributed by atoms with Gasteiger partial charge in [-0.3, -0.25) is 13.9 Å². The predicted octanol–water partition coefficient (Wildman–Crippen LogP) is 5.18. The molecular formula is C26H35Cl2N3O4S. The van der Waals surface area contributed by atoms with Gasteiger partial charge in [-0.25, -0.2) is 8.42 Å². The quantitative estimate of drug-likeness (QED) is 0.391. The molecule has 1 N–H and O–H groups in total. The molecule has 198 valence electrons. The van der Waals surface area contributed by atoms with Crippen LogP contribution < -0.4 is 9.62 Å². The fraction of sp³-hybridized carbons (Fsp3) is 0.462. The molecule has 7 nitrogen and oxygen atoms in total. The van der Waals surface area contributed by atoms with Crippen LogP contribution in [0.25, 0.3) is 0 Å². The number of nitrogens with one attached hydrogen (secondary N) is 1. The Bertz CT molecular complexity index is 1170. The van der Waals surface area contributed by atoms with Crippen molar-refractivity contribution in [1.82, 2.24) is 10.2 Å². The van der Waals surface area contributed by atoms with E-state index < -0.39 is 16.1 Å². The van der Waals surface area contributed by atoms with Crippen LogP contribution in [-0.2, 0) is 26.2 Å². The SMILES string of the molecule is CC[C@H](C)NC(=O)[C@H](C)N(Cc1ccccc1C)C(=O)CCCN(c1cc(Cl)ccc1Cl)S(C)(=O)=O. The van der Waals surface area contributed by atoms with Crippen LogP contribution in [0.3, 0.4) is 0 Å². The van der Waals surface area contributed by atoms with Gasteiger partial charge in [0, 0.05) is 30.6 Å². The Morgan fingerprint density at radius 1 is 1.08 bits per heavy atom. The molecule has 0 saturated heterocycles. The Kier molecular flexibility index (Phi) is 11.1. The summed E-state index contributed by atoms with van der Waals surface area (Å²) < 4.78 is 26.1. The van der Waals surface area contributed by atoms with E-state index in [2.05, 4.69) is 5.32 Å². The zero-order chi connectivity index (χ0) is 27.0. The molecule has 0 saturated carbocycles. The number of anilines is 1. The van der Waals surface area contributed by atoms with Crippen LogP contribution in [0, 0.1) is 6.92 Å². The Hall–Kier alpha value is -2.29. The fourth-order valence-electron chi connectivity index (χ4n) is 3.68. The molecule has 0 spiro atoms. The van der Waals surface area contributed by atoms with E-state index in [0.717, 1.165) is 28.1 Å². The van der Waals surface area contributed by atoms with E-state index in [1.807, 2.05) is 45.0 Å². The van der Waals surface area contributed by atoms with Gasteiger partial charge in [0.2, 0.25) is 21.8 Å². The first-order chi connectivity index (χ1) is 16.8. The highest BCUT2D eigenvalue weighted by Crippen LogP contribution is 2.31.